The molecule has 1 heterocycles. The van der Waals surface area contributed by atoms with Crippen molar-refractivity contribution < 1.29 is 9.53 Å². The number of esters is 1. The molecule has 1 aliphatic heterocycles. The maximum atomic E-state index is 10.7. The molecule has 1 aliphatic rings. The molecule has 1 rings (SSSR count). The summed E-state index contributed by atoms with van der Waals surface area (Å²) in [4.78, 5) is 10.7. The number of carbonyl (C=O) groups is 1. The van der Waals surface area contributed by atoms with E-state index in [0.717, 1.165) is 12.8 Å². The molecule has 2 heteroatoms. The fourth-order valence-corrected chi connectivity index (χ4v) is 1.36. The number of carbonyl (C=O) groups excluding carboxylic acids is 1. The van der Waals surface area contributed by atoms with Gasteiger partial charge in [0.25, 0.3) is 0 Å². The van der Waals surface area contributed by atoms with E-state index in [0.29, 0.717) is 18.9 Å². The standard InChI is InChI=1S/C10H16O2/c1-8(2)4-3-5-9-6-10(11)12-7-9/h4,9H,3,5-7H2,1-2H3. The Morgan fingerprint density at radius 3 is 2.92 bits per heavy atom. The van der Waals surface area contributed by atoms with E-state index < -0.39 is 0 Å². The van der Waals surface area contributed by atoms with Gasteiger partial charge >= 0.3 is 5.97 Å². The second-order valence-electron chi connectivity index (χ2n) is 3.61. The van der Waals surface area contributed by atoms with Crippen LogP contribution in [0.5, 0.6) is 0 Å². The lowest BCUT2D eigenvalue weighted by atomic mass is 10.0. The quantitative estimate of drug-likeness (QED) is 0.477. The van der Waals surface area contributed by atoms with Gasteiger partial charge in [-0.25, -0.2) is 0 Å². The average molecular weight is 168 g/mol. The van der Waals surface area contributed by atoms with Crippen molar-refractivity contribution in [1.82, 2.24) is 0 Å². The Balaban J connectivity index is 2.16. The molecule has 1 saturated heterocycles. The van der Waals surface area contributed by atoms with Crippen molar-refractivity contribution in [2.75, 3.05) is 6.61 Å². The Morgan fingerprint density at radius 1 is 1.67 bits per heavy atom. The summed E-state index contributed by atoms with van der Waals surface area (Å²) in [7, 11) is 0. The van der Waals surface area contributed by atoms with Crippen LogP contribution in [-0.4, -0.2) is 12.6 Å². The fourth-order valence-electron chi connectivity index (χ4n) is 1.36. The Morgan fingerprint density at radius 2 is 2.42 bits per heavy atom. The van der Waals surface area contributed by atoms with E-state index in [4.69, 9.17) is 4.74 Å². The summed E-state index contributed by atoms with van der Waals surface area (Å²) in [6, 6.07) is 0. The van der Waals surface area contributed by atoms with Gasteiger partial charge in [-0.15, -0.1) is 0 Å². The predicted molar refractivity (Wildman–Crippen MR) is 47.7 cm³/mol. The molecule has 0 aromatic rings. The highest BCUT2D eigenvalue weighted by Gasteiger charge is 2.22. The van der Waals surface area contributed by atoms with Gasteiger partial charge in [0.2, 0.25) is 0 Å². The average Bonchev–Trinajstić information content (AvgIpc) is 2.35. The first kappa shape index (κ1) is 9.30. The van der Waals surface area contributed by atoms with Gasteiger partial charge in [0.05, 0.1) is 13.0 Å². The summed E-state index contributed by atoms with van der Waals surface area (Å²) in [6.45, 7) is 4.82. The molecular formula is C10H16O2. The van der Waals surface area contributed by atoms with Crippen LogP contribution in [0.25, 0.3) is 0 Å². The summed E-state index contributed by atoms with van der Waals surface area (Å²) < 4.78 is 4.86. The smallest absolute Gasteiger partial charge is 0.306 e. The van der Waals surface area contributed by atoms with Crippen molar-refractivity contribution >= 4 is 5.97 Å². The van der Waals surface area contributed by atoms with Crippen molar-refractivity contribution in [1.29, 1.82) is 0 Å². The Labute approximate surface area is 73.6 Å². The first-order valence-electron chi connectivity index (χ1n) is 4.47. The van der Waals surface area contributed by atoms with Gasteiger partial charge in [-0.3, -0.25) is 4.79 Å². The van der Waals surface area contributed by atoms with Gasteiger partial charge < -0.3 is 4.74 Å². The zero-order valence-electron chi connectivity index (χ0n) is 7.80. The summed E-state index contributed by atoms with van der Waals surface area (Å²) in [5.41, 5.74) is 1.35. The highest BCUT2D eigenvalue weighted by Crippen LogP contribution is 2.19. The van der Waals surface area contributed by atoms with Crippen molar-refractivity contribution in [3.05, 3.63) is 11.6 Å². The largest absolute Gasteiger partial charge is 0.465 e. The first-order valence-corrected chi connectivity index (χ1v) is 4.47. The molecule has 12 heavy (non-hydrogen) atoms. The third-order valence-electron chi connectivity index (χ3n) is 2.06. The molecule has 0 N–H and O–H groups in total. The van der Waals surface area contributed by atoms with E-state index in [-0.39, 0.29) is 5.97 Å². The normalized spacial score (nSPS) is 22.2. The first-order chi connectivity index (χ1) is 5.68. The summed E-state index contributed by atoms with van der Waals surface area (Å²) in [5, 5.41) is 0. The maximum absolute atomic E-state index is 10.7. The van der Waals surface area contributed by atoms with Crippen LogP contribution in [0.1, 0.15) is 33.1 Å². The topological polar surface area (TPSA) is 26.3 Å². The van der Waals surface area contributed by atoms with Crippen LogP contribution in [0, 0.1) is 5.92 Å². The van der Waals surface area contributed by atoms with Crippen LogP contribution in [0.4, 0.5) is 0 Å². The maximum Gasteiger partial charge on any atom is 0.306 e. The second-order valence-corrected chi connectivity index (χ2v) is 3.61. The number of hydrogen-bond donors (Lipinski definition) is 0. The molecule has 0 bridgehead atoms. The Kier molecular flexibility index (Phi) is 3.32. The van der Waals surface area contributed by atoms with E-state index in [1.165, 1.54) is 5.57 Å². The SMILES string of the molecule is CC(C)=CCCC1COC(=O)C1. The molecule has 0 radical (unpaired) electrons. The highest BCUT2D eigenvalue weighted by atomic mass is 16.5. The lowest BCUT2D eigenvalue weighted by molar-refractivity contribution is -0.137. The lowest BCUT2D eigenvalue weighted by Gasteiger charge is -2.01. The van der Waals surface area contributed by atoms with Crippen LogP contribution in [0.15, 0.2) is 11.6 Å². The third-order valence-corrected chi connectivity index (χ3v) is 2.06. The summed E-state index contributed by atoms with van der Waals surface area (Å²) in [5.74, 6) is 0.435. The van der Waals surface area contributed by atoms with Crippen molar-refractivity contribution in [2.24, 2.45) is 5.92 Å². The minimum absolute atomic E-state index is 0.0304. The third kappa shape index (κ3) is 3.07. The van der Waals surface area contributed by atoms with Crippen molar-refractivity contribution in [3.8, 4) is 0 Å². The van der Waals surface area contributed by atoms with E-state index in [2.05, 4.69) is 19.9 Å². The molecule has 0 aromatic carbocycles. The molecule has 0 aromatic heterocycles. The van der Waals surface area contributed by atoms with E-state index in [1.807, 2.05) is 0 Å². The molecule has 0 spiro atoms. The Hall–Kier alpha value is -0.790. The van der Waals surface area contributed by atoms with Gasteiger partial charge in [-0.1, -0.05) is 11.6 Å². The number of ether oxygens (including phenoxy) is 1. The van der Waals surface area contributed by atoms with Crippen molar-refractivity contribution in [2.45, 2.75) is 33.1 Å². The van der Waals surface area contributed by atoms with Crippen LogP contribution in [-0.2, 0) is 9.53 Å². The number of allylic oxidation sites excluding steroid dienone is 2. The number of rotatable bonds is 3. The Bertz CT molecular complexity index is 190. The van der Waals surface area contributed by atoms with Gasteiger partial charge in [0, 0.05) is 5.92 Å². The van der Waals surface area contributed by atoms with Gasteiger partial charge in [-0.05, 0) is 26.7 Å². The van der Waals surface area contributed by atoms with Crippen molar-refractivity contribution in [3.63, 3.8) is 0 Å². The molecule has 1 unspecified atom stereocenters. The zero-order valence-corrected chi connectivity index (χ0v) is 7.80. The minimum Gasteiger partial charge on any atom is -0.465 e. The van der Waals surface area contributed by atoms with Crippen LogP contribution in [0.3, 0.4) is 0 Å². The molecule has 2 nitrogen and oxygen atoms in total. The fraction of sp³-hybridized carbons (Fsp3) is 0.700. The predicted octanol–water partition coefficient (Wildman–Crippen LogP) is 2.30. The minimum atomic E-state index is -0.0304. The highest BCUT2D eigenvalue weighted by molar-refractivity contribution is 5.71. The van der Waals surface area contributed by atoms with Crippen LogP contribution < -0.4 is 0 Å². The molecule has 0 aliphatic carbocycles. The molecular weight excluding hydrogens is 152 g/mol. The van der Waals surface area contributed by atoms with Gasteiger partial charge in [0.1, 0.15) is 0 Å². The van der Waals surface area contributed by atoms with Crippen LogP contribution >= 0.6 is 0 Å². The van der Waals surface area contributed by atoms with Gasteiger partial charge in [-0.2, -0.15) is 0 Å². The molecule has 1 fully saturated rings. The number of hydrogen-bond acceptors (Lipinski definition) is 2. The van der Waals surface area contributed by atoms with E-state index >= 15 is 0 Å². The monoisotopic (exact) mass is 168 g/mol. The number of cyclic esters (lactones) is 1. The van der Waals surface area contributed by atoms with E-state index in [1.54, 1.807) is 0 Å². The molecule has 1 atom stereocenters. The second kappa shape index (κ2) is 4.29. The van der Waals surface area contributed by atoms with E-state index in [9.17, 15) is 4.79 Å². The molecule has 0 saturated carbocycles. The summed E-state index contributed by atoms with van der Waals surface area (Å²) in [6.07, 6.45) is 4.99. The zero-order chi connectivity index (χ0) is 8.97. The lowest BCUT2D eigenvalue weighted by Crippen LogP contribution is -1.97. The molecule has 0 amide bonds. The summed E-state index contributed by atoms with van der Waals surface area (Å²) >= 11 is 0. The molecule has 68 valence electrons. The van der Waals surface area contributed by atoms with Crippen LogP contribution in [0.2, 0.25) is 0 Å². The van der Waals surface area contributed by atoms with Gasteiger partial charge in [0.15, 0.2) is 0 Å².